The summed E-state index contributed by atoms with van der Waals surface area (Å²) in [6.45, 7) is 2.01. The summed E-state index contributed by atoms with van der Waals surface area (Å²) in [6, 6.07) is 5.93. The molecule has 0 saturated carbocycles. The largest absolute Gasteiger partial charge is 0.469 e. The SMILES string of the molecule is CCc1cc(C#N)c(CBr)cc1CC(=O)OC. The van der Waals surface area contributed by atoms with Gasteiger partial charge in [0.15, 0.2) is 0 Å². The second-order valence-corrected chi connectivity index (χ2v) is 4.19. The Hall–Kier alpha value is -1.34. The van der Waals surface area contributed by atoms with Crippen molar-refractivity contribution in [3.05, 3.63) is 34.4 Å². The second kappa shape index (κ2) is 6.41. The zero-order chi connectivity index (χ0) is 12.8. The number of nitriles is 1. The number of hydrogen-bond donors (Lipinski definition) is 0. The van der Waals surface area contributed by atoms with Crippen molar-refractivity contribution < 1.29 is 9.53 Å². The number of aryl methyl sites for hydroxylation is 1. The number of methoxy groups -OCH3 is 1. The Kier molecular flexibility index (Phi) is 5.17. The van der Waals surface area contributed by atoms with Crippen molar-refractivity contribution in [1.29, 1.82) is 5.26 Å². The van der Waals surface area contributed by atoms with Gasteiger partial charge in [-0.2, -0.15) is 5.26 Å². The maximum absolute atomic E-state index is 11.3. The third-order valence-corrected chi connectivity index (χ3v) is 3.24. The highest BCUT2D eigenvalue weighted by molar-refractivity contribution is 9.08. The molecule has 0 atom stereocenters. The molecule has 0 aliphatic heterocycles. The molecule has 0 N–H and O–H groups in total. The van der Waals surface area contributed by atoms with Gasteiger partial charge >= 0.3 is 5.97 Å². The van der Waals surface area contributed by atoms with E-state index >= 15 is 0 Å². The molecule has 0 amide bonds. The highest BCUT2D eigenvalue weighted by atomic mass is 79.9. The molecule has 0 heterocycles. The van der Waals surface area contributed by atoms with E-state index in [9.17, 15) is 4.79 Å². The zero-order valence-electron chi connectivity index (χ0n) is 9.92. The lowest BCUT2D eigenvalue weighted by Gasteiger charge is -2.10. The first-order chi connectivity index (χ1) is 8.15. The van der Waals surface area contributed by atoms with Gasteiger partial charge in [-0.25, -0.2) is 0 Å². The molecule has 0 aliphatic rings. The van der Waals surface area contributed by atoms with E-state index in [0.717, 1.165) is 23.1 Å². The minimum atomic E-state index is -0.259. The third kappa shape index (κ3) is 3.31. The van der Waals surface area contributed by atoms with Gasteiger partial charge in [0.25, 0.3) is 0 Å². The molecule has 0 aliphatic carbocycles. The van der Waals surface area contributed by atoms with Crippen molar-refractivity contribution in [3.63, 3.8) is 0 Å². The number of benzene rings is 1. The summed E-state index contributed by atoms with van der Waals surface area (Å²) in [5.41, 5.74) is 3.53. The van der Waals surface area contributed by atoms with Gasteiger partial charge in [-0.1, -0.05) is 28.9 Å². The average Bonchev–Trinajstić information content (AvgIpc) is 2.37. The molecule has 0 spiro atoms. The predicted molar refractivity (Wildman–Crippen MR) is 68.9 cm³/mol. The van der Waals surface area contributed by atoms with Crippen molar-refractivity contribution >= 4 is 21.9 Å². The van der Waals surface area contributed by atoms with Crippen LogP contribution in [0.1, 0.15) is 29.2 Å². The Balaban J connectivity index is 3.20. The van der Waals surface area contributed by atoms with Gasteiger partial charge in [0.1, 0.15) is 0 Å². The van der Waals surface area contributed by atoms with E-state index in [0.29, 0.717) is 10.9 Å². The molecule has 1 rings (SSSR count). The van der Waals surface area contributed by atoms with E-state index in [1.165, 1.54) is 7.11 Å². The number of nitrogens with zero attached hydrogens (tertiary/aromatic N) is 1. The number of carbonyl (C=O) groups is 1. The summed E-state index contributed by atoms with van der Waals surface area (Å²) in [6.07, 6.45) is 1.05. The first kappa shape index (κ1) is 13.7. The van der Waals surface area contributed by atoms with Gasteiger partial charge in [0.05, 0.1) is 25.2 Å². The molecule has 1 aromatic carbocycles. The van der Waals surface area contributed by atoms with Gasteiger partial charge < -0.3 is 4.74 Å². The van der Waals surface area contributed by atoms with Gasteiger partial charge in [-0.3, -0.25) is 4.79 Å². The maximum atomic E-state index is 11.3. The Morgan fingerprint density at radius 3 is 2.59 bits per heavy atom. The fraction of sp³-hybridized carbons (Fsp3) is 0.385. The quantitative estimate of drug-likeness (QED) is 0.634. The van der Waals surface area contributed by atoms with Gasteiger partial charge in [-0.05, 0) is 29.2 Å². The summed E-state index contributed by atoms with van der Waals surface area (Å²) >= 11 is 3.35. The molecular weight excluding hydrogens is 282 g/mol. The molecule has 4 heteroatoms. The number of ether oxygens (including phenoxy) is 1. The molecule has 0 aromatic heterocycles. The maximum Gasteiger partial charge on any atom is 0.309 e. The van der Waals surface area contributed by atoms with Crippen molar-refractivity contribution in [1.82, 2.24) is 0 Å². The van der Waals surface area contributed by atoms with E-state index in [1.54, 1.807) is 0 Å². The minimum Gasteiger partial charge on any atom is -0.469 e. The summed E-state index contributed by atoms with van der Waals surface area (Å²) in [7, 11) is 1.38. The zero-order valence-corrected chi connectivity index (χ0v) is 11.5. The fourth-order valence-electron chi connectivity index (χ4n) is 1.68. The number of hydrogen-bond acceptors (Lipinski definition) is 3. The second-order valence-electron chi connectivity index (χ2n) is 3.63. The highest BCUT2D eigenvalue weighted by Crippen LogP contribution is 2.20. The van der Waals surface area contributed by atoms with E-state index in [2.05, 4.69) is 26.7 Å². The first-order valence-corrected chi connectivity index (χ1v) is 6.45. The molecular formula is C13H14BrNO2. The van der Waals surface area contributed by atoms with Crippen LogP contribution < -0.4 is 0 Å². The normalized spacial score (nSPS) is 9.76. The Bertz CT molecular complexity index is 463. The molecule has 0 saturated heterocycles. The van der Waals surface area contributed by atoms with Crippen LogP contribution in [-0.4, -0.2) is 13.1 Å². The van der Waals surface area contributed by atoms with Crippen molar-refractivity contribution in [2.24, 2.45) is 0 Å². The topological polar surface area (TPSA) is 50.1 Å². The summed E-state index contributed by atoms with van der Waals surface area (Å²) in [5.74, 6) is -0.259. The van der Waals surface area contributed by atoms with Gasteiger partial charge in [0, 0.05) is 5.33 Å². The van der Waals surface area contributed by atoms with Crippen LogP contribution in [0.2, 0.25) is 0 Å². The van der Waals surface area contributed by atoms with Crippen LogP contribution in [-0.2, 0) is 27.7 Å². The van der Waals surface area contributed by atoms with E-state index in [-0.39, 0.29) is 12.4 Å². The lowest BCUT2D eigenvalue weighted by atomic mass is 9.96. The number of alkyl halides is 1. The van der Waals surface area contributed by atoms with Crippen molar-refractivity contribution in [3.8, 4) is 6.07 Å². The lowest BCUT2D eigenvalue weighted by molar-refractivity contribution is -0.139. The van der Waals surface area contributed by atoms with Crippen LogP contribution in [0.4, 0.5) is 0 Å². The Morgan fingerprint density at radius 2 is 2.12 bits per heavy atom. The average molecular weight is 296 g/mol. The molecule has 0 radical (unpaired) electrons. The van der Waals surface area contributed by atoms with Crippen LogP contribution in [0.5, 0.6) is 0 Å². The van der Waals surface area contributed by atoms with E-state index in [4.69, 9.17) is 5.26 Å². The van der Waals surface area contributed by atoms with Crippen molar-refractivity contribution in [2.75, 3.05) is 7.11 Å². The summed E-state index contributed by atoms with van der Waals surface area (Å²) < 4.78 is 4.67. The van der Waals surface area contributed by atoms with E-state index < -0.39 is 0 Å². The van der Waals surface area contributed by atoms with Crippen LogP contribution >= 0.6 is 15.9 Å². The molecule has 3 nitrogen and oxygen atoms in total. The minimum absolute atomic E-state index is 0.255. The van der Waals surface area contributed by atoms with Crippen LogP contribution in [0.15, 0.2) is 12.1 Å². The van der Waals surface area contributed by atoms with Gasteiger partial charge in [-0.15, -0.1) is 0 Å². The standard InChI is InChI=1S/C13H14BrNO2/c1-3-9-4-12(8-15)11(7-14)5-10(9)6-13(16)17-2/h4-5H,3,6-7H2,1-2H3. The van der Waals surface area contributed by atoms with Gasteiger partial charge in [0.2, 0.25) is 0 Å². The predicted octanol–water partition coefficient (Wildman–Crippen LogP) is 2.73. The Labute approximate surface area is 110 Å². The molecule has 0 bridgehead atoms. The first-order valence-electron chi connectivity index (χ1n) is 5.33. The lowest BCUT2D eigenvalue weighted by Crippen LogP contribution is -2.08. The smallest absolute Gasteiger partial charge is 0.309 e. The Morgan fingerprint density at radius 1 is 1.41 bits per heavy atom. The van der Waals surface area contributed by atoms with Crippen LogP contribution in [0, 0.1) is 11.3 Å². The summed E-state index contributed by atoms with van der Waals surface area (Å²) in [4.78, 5) is 11.3. The number of rotatable bonds is 4. The highest BCUT2D eigenvalue weighted by Gasteiger charge is 2.11. The monoisotopic (exact) mass is 295 g/mol. The number of carbonyl (C=O) groups excluding carboxylic acids is 1. The van der Waals surface area contributed by atoms with E-state index in [1.807, 2.05) is 19.1 Å². The van der Waals surface area contributed by atoms with Crippen LogP contribution in [0.3, 0.4) is 0 Å². The fourth-order valence-corrected chi connectivity index (χ4v) is 2.14. The van der Waals surface area contributed by atoms with Crippen LogP contribution in [0.25, 0.3) is 0 Å². The summed E-state index contributed by atoms with van der Waals surface area (Å²) in [5, 5.41) is 9.63. The molecule has 0 fully saturated rings. The van der Waals surface area contributed by atoms with Crippen molar-refractivity contribution in [2.45, 2.75) is 25.1 Å². The number of halogens is 1. The third-order valence-electron chi connectivity index (χ3n) is 2.63. The number of esters is 1. The molecule has 0 unspecified atom stereocenters. The molecule has 90 valence electrons. The molecule has 1 aromatic rings. The molecule has 17 heavy (non-hydrogen) atoms.